The maximum atomic E-state index is 3.60. The maximum absolute atomic E-state index is 3.60. The summed E-state index contributed by atoms with van der Waals surface area (Å²) in [5.41, 5.74) is 0.622. The third kappa shape index (κ3) is 3.16. The zero-order chi connectivity index (χ0) is 13.9. The first-order valence-electron chi connectivity index (χ1n) is 8.59. The first kappa shape index (κ1) is 15.3. The minimum Gasteiger partial charge on any atom is -0.315 e. The summed E-state index contributed by atoms with van der Waals surface area (Å²) < 4.78 is 0. The Morgan fingerprint density at radius 3 is 2.42 bits per heavy atom. The third-order valence-electron chi connectivity index (χ3n) is 6.31. The van der Waals surface area contributed by atoms with E-state index < -0.39 is 0 Å². The fourth-order valence-electron chi connectivity index (χ4n) is 4.42. The highest BCUT2D eigenvalue weighted by Gasteiger charge is 2.41. The van der Waals surface area contributed by atoms with Gasteiger partial charge >= 0.3 is 0 Å². The third-order valence-corrected chi connectivity index (χ3v) is 6.31. The molecular weight excluding hydrogens is 232 g/mol. The van der Waals surface area contributed by atoms with Gasteiger partial charge in [-0.05, 0) is 63.5 Å². The molecule has 1 saturated heterocycles. The van der Waals surface area contributed by atoms with Crippen molar-refractivity contribution in [2.45, 2.75) is 77.8 Å². The second-order valence-electron chi connectivity index (χ2n) is 6.98. The molecule has 0 spiro atoms. The Bertz CT molecular complexity index is 272. The van der Waals surface area contributed by atoms with E-state index in [1.54, 1.807) is 0 Å². The van der Waals surface area contributed by atoms with Gasteiger partial charge in [0.05, 0.1) is 0 Å². The molecule has 2 fully saturated rings. The normalized spacial score (nSPS) is 35.7. The van der Waals surface area contributed by atoms with Crippen LogP contribution in [0.3, 0.4) is 0 Å². The summed E-state index contributed by atoms with van der Waals surface area (Å²) in [5, 5.41) is 3.60. The van der Waals surface area contributed by atoms with E-state index in [0.717, 1.165) is 18.0 Å². The van der Waals surface area contributed by atoms with E-state index in [-0.39, 0.29) is 0 Å². The van der Waals surface area contributed by atoms with Crippen LogP contribution in [0.15, 0.2) is 0 Å². The molecule has 2 rings (SSSR count). The number of likely N-dealkylation sites (N-methyl/N-ethyl adjacent to an activating group) is 1. The van der Waals surface area contributed by atoms with Crippen LogP contribution >= 0.6 is 0 Å². The molecule has 0 aromatic carbocycles. The lowest BCUT2D eigenvalue weighted by molar-refractivity contribution is 0.105. The number of rotatable bonds is 5. The molecule has 0 aromatic heterocycles. The van der Waals surface area contributed by atoms with Crippen molar-refractivity contribution in [2.24, 2.45) is 11.3 Å². The van der Waals surface area contributed by atoms with Gasteiger partial charge in [-0.2, -0.15) is 0 Å². The first-order chi connectivity index (χ1) is 9.18. The molecule has 1 saturated carbocycles. The highest BCUT2D eigenvalue weighted by molar-refractivity contribution is 4.97. The standard InChI is InChI=1S/C17H34N2/c1-5-14-8-9-15(18-4)16(12-14)19-11-10-17(6-2,7-3)13-19/h14-16,18H,5-13H2,1-4H3. The van der Waals surface area contributed by atoms with Crippen molar-refractivity contribution in [3.05, 3.63) is 0 Å². The van der Waals surface area contributed by atoms with Crippen LogP contribution < -0.4 is 5.32 Å². The molecule has 0 amide bonds. The van der Waals surface area contributed by atoms with Crippen LogP contribution in [0.5, 0.6) is 0 Å². The average molecular weight is 266 g/mol. The van der Waals surface area contributed by atoms with E-state index in [1.807, 2.05) is 0 Å². The predicted octanol–water partition coefficient (Wildman–Crippen LogP) is 3.67. The Morgan fingerprint density at radius 2 is 1.89 bits per heavy atom. The summed E-state index contributed by atoms with van der Waals surface area (Å²) in [7, 11) is 2.16. The van der Waals surface area contributed by atoms with Gasteiger partial charge in [-0.25, -0.2) is 0 Å². The molecular formula is C17H34N2. The highest BCUT2D eigenvalue weighted by Crippen LogP contribution is 2.40. The Morgan fingerprint density at radius 1 is 1.16 bits per heavy atom. The van der Waals surface area contributed by atoms with Gasteiger partial charge in [-0.15, -0.1) is 0 Å². The minimum absolute atomic E-state index is 0.622. The zero-order valence-electron chi connectivity index (χ0n) is 13.5. The van der Waals surface area contributed by atoms with Gasteiger partial charge in [-0.3, -0.25) is 4.90 Å². The molecule has 3 atom stereocenters. The lowest BCUT2D eigenvalue weighted by Gasteiger charge is -2.42. The first-order valence-corrected chi connectivity index (χ1v) is 8.59. The largest absolute Gasteiger partial charge is 0.315 e. The van der Waals surface area contributed by atoms with Crippen LogP contribution in [-0.2, 0) is 0 Å². The van der Waals surface area contributed by atoms with Crippen molar-refractivity contribution in [1.29, 1.82) is 0 Å². The van der Waals surface area contributed by atoms with Gasteiger partial charge in [0.2, 0.25) is 0 Å². The molecule has 19 heavy (non-hydrogen) atoms. The molecule has 112 valence electrons. The van der Waals surface area contributed by atoms with E-state index in [4.69, 9.17) is 0 Å². The van der Waals surface area contributed by atoms with Crippen LogP contribution in [0, 0.1) is 11.3 Å². The smallest absolute Gasteiger partial charge is 0.0252 e. The van der Waals surface area contributed by atoms with Crippen LogP contribution in [0.4, 0.5) is 0 Å². The molecule has 0 bridgehead atoms. The second kappa shape index (κ2) is 6.58. The molecule has 2 aliphatic rings. The summed E-state index contributed by atoms with van der Waals surface area (Å²) in [6.07, 6.45) is 9.73. The van der Waals surface area contributed by atoms with Crippen molar-refractivity contribution in [2.75, 3.05) is 20.1 Å². The van der Waals surface area contributed by atoms with Gasteiger partial charge in [0.1, 0.15) is 0 Å². The lowest BCUT2D eigenvalue weighted by Crippen LogP contribution is -2.52. The van der Waals surface area contributed by atoms with E-state index in [9.17, 15) is 0 Å². The fourth-order valence-corrected chi connectivity index (χ4v) is 4.42. The Balaban J connectivity index is 2.02. The van der Waals surface area contributed by atoms with E-state index >= 15 is 0 Å². The van der Waals surface area contributed by atoms with Crippen LogP contribution in [0.1, 0.15) is 65.7 Å². The monoisotopic (exact) mass is 266 g/mol. The molecule has 1 heterocycles. The summed E-state index contributed by atoms with van der Waals surface area (Å²) in [6.45, 7) is 9.82. The van der Waals surface area contributed by atoms with Crippen molar-refractivity contribution in [3.8, 4) is 0 Å². The van der Waals surface area contributed by atoms with Gasteiger partial charge in [0.15, 0.2) is 0 Å². The quantitative estimate of drug-likeness (QED) is 0.817. The zero-order valence-corrected chi connectivity index (χ0v) is 13.5. The van der Waals surface area contributed by atoms with Gasteiger partial charge in [-0.1, -0.05) is 27.2 Å². The summed E-state index contributed by atoms with van der Waals surface area (Å²) in [6, 6.07) is 1.52. The molecule has 0 aromatic rings. The average Bonchev–Trinajstić information content (AvgIpc) is 2.91. The van der Waals surface area contributed by atoms with Crippen LogP contribution in [-0.4, -0.2) is 37.1 Å². The minimum atomic E-state index is 0.622. The van der Waals surface area contributed by atoms with Gasteiger partial charge < -0.3 is 5.32 Å². The van der Waals surface area contributed by atoms with E-state index in [2.05, 4.69) is 38.0 Å². The predicted molar refractivity (Wildman–Crippen MR) is 83.5 cm³/mol. The molecule has 1 aliphatic heterocycles. The van der Waals surface area contributed by atoms with Gasteiger partial charge in [0, 0.05) is 18.6 Å². The second-order valence-corrected chi connectivity index (χ2v) is 6.98. The topological polar surface area (TPSA) is 15.3 Å². The molecule has 3 unspecified atom stereocenters. The Kier molecular flexibility index (Phi) is 5.30. The van der Waals surface area contributed by atoms with Crippen LogP contribution in [0.2, 0.25) is 0 Å². The number of hydrogen-bond donors (Lipinski definition) is 1. The summed E-state index contributed by atoms with van der Waals surface area (Å²) >= 11 is 0. The number of nitrogens with zero attached hydrogens (tertiary/aromatic N) is 1. The highest BCUT2D eigenvalue weighted by atomic mass is 15.2. The van der Waals surface area contributed by atoms with Crippen LogP contribution in [0.25, 0.3) is 0 Å². The Hall–Kier alpha value is -0.0800. The number of hydrogen-bond acceptors (Lipinski definition) is 2. The molecule has 0 radical (unpaired) electrons. The fraction of sp³-hybridized carbons (Fsp3) is 1.00. The van der Waals surface area contributed by atoms with Crippen molar-refractivity contribution in [3.63, 3.8) is 0 Å². The lowest BCUT2D eigenvalue weighted by atomic mass is 9.79. The van der Waals surface area contributed by atoms with Crippen molar-refractivity contribution >= 4 is 0 Å². The van der Waals surface area contributed by atoms with Crippen molar-refractivity contribution < 1.29 is 0 Å². The van der Waals surface area contributed by atoms with E-state index in [1.165, 1.54) is 58.0 Å². The maximum Gasteiger partial charge on any atom is 0.0252 e. The molecule has 1 N–H and O–H groups in total. The Labute approximate surface area is 120 Å². The summed E-state index contributed by atoms with van der Waals surface area (Å²) in [5.74, 6) is 0.966. The summed E-state index contributed by atoms with van der Waals surface area (Å²) in [4.78, 5) is 2.83. The number of likely N-dealkylation sites (tertiary alicyclic amines) is 1. The van der Waals surface area contributed by atoms with E-state index in [0.29, 0.717) is 5.41 Å². The van der Waals surface area contributed by atoms with Gasteiger partial charge in [0.25, 0.3) is 0 Å². The molecule has 1 aliphatic carbocycles. The molecule has 2 nitrogen and oxygen atoms in total. The SMILES string of the molecule is CCC1CCC(NC)C(N2CCC(CC)(CC)C2)C1. The molecule has 2 heteroatoms. The van der Waals surface area contributed by atoms with Crippen molar-refractivity contribution in [1.82, 2.24) is 10.2 Å². The number of nitrogens with one attached hydrogen (secondary N) is 1.